The van der Waals surface area contributed by atoms with Gasteiger partial charge in [-0.3, -0.25) is 4.98 Å². The van der Waals surface area contributed by atoms with Gasteiger partial charge in [-0.25, -0.2) is 4.79 Å². The first-order valence-electron chi connectivity index (χ1n) is 9.39. The van der Waals surface area contributed by atoms with Gasteiger partial charge in [0.15, 0.2) is 0 Å². The fourth-order valence-electron chi connectivity index (χ4n) is 4.29. The number of aromatic nitrogens is 1. The highest BCUT2D eigenvalue weighted by molar-refractivity contribution is 5.68. The molecule has 1 aliphatic heterocycles. The molecule has 5 heteroatoms. The number of aliphatic hydroxyl groups is 1. The van der Waals surface area contributed by atoms with Crippen LogP contribution in [-0.4, -0.2) is 39.8 Å². The van der Waals surface area contributed by atoms with Crippen LogP contribution in [0.15, 0.2) is 24.4 Å². The number of carbonyl (C=O) groups excluding carboxylic acids is 1. The second-order valence-electron chi connectivity index (χ2n) is 8.49. The summed E-state index contributed by atoms with van der Waals surface area (Å²) in [7, 11) is 0. The molecule has 0 spiro atoms. The standard InChI is InChI=1S/C20H30N2O3/c1-19(2,3)25-18(24)22-13-8-15(9-14-22)20(10-6-11-20)17(23)16-7-4-5-12-21-16/h4-5,7,12,15,17,23H,6,8-11,13-14H2,1-3H3. The average molecular weight is 346 g/mol. The van der Waals surface area contributed by atoms with Gasteiger partial charge in [0.05, 0.1) is 5.69 Å². The van der Waals surface area contributed by atoms with E-state index in [-0.39, 0.29) is 11.5 Å². The summed E-state index contributed by atoms with van der Waals surface area (Å²) in [5.74, 6) is 0.428. The lowest BCUT2D eigenvalue weighted by molar-refractivity contribution is -0.0996. The smallest absolute Gasteiger partial charge is 0.410 e. The van der Waals surface area contributed by atoms with Crippen LogP contribution < -0.4 is 0 Å². The zero-order valence-corrected chi connectivity index (χ0v) is 15.6. The molecule has 0 bridgehead atoms. The number of ether oxygens (including phenoxy) is 1. The van der Waals surface area contributed by atoms with Crippen LogP contribution in [-0.2, 0) is 4.74 Å². The van der Waals surface area contributed by atoms with Crippen molar-refractivity contribution in [2.45, 2.75) is 64.6 Å². The number of aliphatic hydroxyl groups excluding tert-OH is 1. The lowest BCUT2D eigenvalue weighted by Gasteiger charge is -2.53. The van der Waals surface area contributed by atoms with Crippen LogP contribution in [0.4, 0.5) is 4.79 Å². The van der Waals surface area contributed by atoms with E-state index in [9.17, 15) is 9.90 Å². The number of rotatable bonds is 3. The lowest BCUT2D eigenvalue weighted by Crippen LogP contribution is -2.49. The van der Waals surface area contributed by atoms with E-state index in [0.29, 0.717) is 19.0 Å². The van der Waals surface area contributed by atoms with Crippen LogP contribution in [0.3, 0.4) is 0 Å². The molecule has 1 aromatic rings. The third-order valence-electron chi connectivity index (χ3n) is 5.76. The van der Waals surface area contributed by atoms with Gasteiger partial charge in [-0.05, 0) is 64.5 Å². The molecule has 1 unspecified atom stereocenters. The highest BCUT2D eigenvalue weighted by Gasteiger charge is 2.51. The number of nitrogens with zero attached hydrogens (tertiary/aromatic N) is 2. The predicted octanol–water partition coefficient (Wildman–Crippen LogP) is 3.93. The second kappa shape index (κ2) is 6.94. The molecular weight excluding hydrogens is 316 g/mol. The summed E-state index contributed by atoms with van der Waals surface area (Å²) in [5.41, 5.74) is 0.240. The molecule has 138 valence electrons. The Balaban J connectivity index is 1.64. The molecule has 1 N–H and O–H groups in total. The first-order chi connectivity index (χ1) is 11.8. The maximum absolute atomic E-state index is 12.3. The summed E-state index contributed by atoms with van der Waals surface area (Å²) < 4.78 is 5.48. The van der Waals surface area contributed by atoms with Gasteiger partial charge < -0.3 is 14.7 Å². The Hall–Kier alpha value is -1.62. The molecule has 1 saturated carbocycles. The Morgan fingerprint density at radius 2 is 2.00 bits per heavy atom. The van der Waals surface area contributed by atoms with Crippen molar-refractivity contribution in [2.75, 3.05) is 13.1 Å². The molecule has 0 radical (unpaired) electrons. The van der Waals surface area contributed by atoms with Crippen LogP contribution >= 0.6 is 0 Å². The Morgan fingerprint density at radius 1 is 1.32 bits per heavy atom. The molecule has 25 heavy (non-hydrogen) atoms. The highest BCUT2D eigenvalue weighted by atomic mass is 16.6. The molecule has 3 rings (SSSR count). The van der Waals surface area contributed by atoms with E-state index in [1.807, 2.05) is 39.0 Å². The van der Waals surface area contributed by atoms with Crippen molar-refractivity contribution in [1.82, 2.24) is 9.88 Å². The van der Waals surface area contributed by atoms with Crippen LogP contribution in [0.1, 0.15) is 64.7 Å². The number of amides is 1. The van der Waals surface area contributed by atoms with Gasteiger partial charge in [-0.1, -0.05) is 12.5 Å². The topological polar surface area (TPSA) is 62.7 Å². The first kappa shape index (κ1) is 18.2. The van der Waals surface area contributed by atoms with Gasteiger partial charge in [0.25, 0.3) is 0 Å². The Morgan fingerprint density at radius 3 is 2.48 bits per heavy atom. The van der Waals surface area contributed by atoms with Crippen LogP contribution in [0.2, 0.25) is 0 Å². The fraction of sp³-hybridized carbons (Fsp3) is 0.700. The van der Waals surface area contributed by atoms with Crippen molar-refractivity contribution in [1.29, 1.82) is 0 Å². The molecule has 1 aliphatic carbocycles. The number of hydrogen-bond donors (Lipinski definition) is 1. The Bertz CT molecular complexity index is 585. The summed E-state index contributed by atoms with van der Waals surface area (Å²) in [6.07, 6.45) is 6.10. The Labute approximate surface area is 150 Å². The Kier molecular flexibility index (Phi) is 5.05. The van der Waals surface area contributed by atoms with E-state index < -0.39 is 11.7 Å². The van der Waals surface area contributed by atoms with Gasteiger partial charge in [0.1, 0.15) is 11.7 Å². The largest absolute Gasteiger partial charge is 0.444 e. The third-order valence-corrected chi connectivity index (χ3v) is 5.76. The summed E-state index contributed by atoms with van der Waals surface area (Å²) in [6, 6.07) is 5.73. The molecule has 2 fully saturated rings. The molecule has 1 saturated heterocycles. The van der Waals surface area contributed by atoms with Crippen molar-refractivity contribution in [2.24, 2.45) is 11.3 Å². The zero-order valence-electron chi connectivity index (χ0n) is 15.6. The van der Waals surface area contributed by atoms with Gasteiger partial charge in [0.2, 0.25) is 0 Å². The molecule has 1 aromatic heterocycles. The van der Waals surface area contributed by atoms with Crippen molar-refractivity contribution in [3.8, 4) is 0 Å². The van der Waals surface area contributed by atoms with Crippen LogP contribution in [0.5, 0.6) is 0 Å². The minimum absolute atomic E-state index is 0.0750. The number of carbonyl (C=O) groups is 1. The quantitative estimate of drug-likeness (QED) is 0.901. The SMILES string of the molecule is CC(C)(C)OC(=O)N1CCC(C2(C(O)c3ccccn3)CCC2)CC1. The molecule has 5 nitrogen and oxygen atoms in total. The van der Waals surface area contributed by atoms with Crippen LogP contribution in [0.25, 0.3) is 0 Å². The van der Waals surface area contributed by atoms with E-state index in [1.54, 1.807) is 11.1 Å². The van der Waals surface area contributed by atoms with E-state index >= 15 is 0 Å². The van der Waals surface area contributed by atoms with Gasteiger partial charge >= 0.3 is 6.09 Å². The molecule has 1 amide bonds. The average Bonchev–Trinajstić information content (AvgIpc) is 2.53. The van der Waals surface area contributed by atoms with Crippen molar-refractivity contribution in [3.05, 3.63) is 30.1 Å². The minimum Gasteiger partial charge on any atom is -0.444 e. The zero-order chi connectivity index (χ0) is 18.1. The van der Waals surface area contributed by atoms with E-state index in [4.69, 9.17) is 4.74 Å². The molecule has 2 heterocycles. The number of likely N-dealkylation sites (tertiary alicyclic amines) is 1. The normalized spacial score (nSPS) is 22.2. The van der Waals surface area contributed by atoms with E-state index in [0.717, 1.165) is 37.8 Å². The maximum atomic E-state index is 12.3. The summed E-state index contributed by atoms with van der Waals surface area (Å²) in [5, 5.41) is 11.0. The van der Waals surface area contributed by atoms with Crippen LogP contribution in [0, 0.1) is 11.3 Å². The highest BCUT2D eigenvalue weighted by Crippen LogP contribution is 2.57. The summed E-state index contributed by atoms with van der Waals surface area (Å²) in [4.78, 5) is 18.4. The van der Waals surface area contributed by atoms with Gasteiger partial charge in [-0.2, -0.15) is 0 Å². The molecule has 1 atom stereocenters. The molecular formula is C20H30N2O3. The fourth-order valence-corrected chi connectivity index (χ4v) is 4.29. The second-order valence-corrected chi connectivity index (χ2v) is 8.49. The predicted molar refractivity (Wildman–Crippen MR) is 96.0 cm³/mol. The molecule has 0 aromatic carbocycles. The third kappa shape index (κ3) is 3.81. The minimum atomic E-state index is -0.513. The maximum Gasteiger partial charge on any atom is 0.410 e. The number of pyridine rings is 1. The van der Waals surface area contributed by atoms with Gasteiger partial charge in [0, 0.05) is 24.7 Å². The summed E-state index contributed by atoms with van der Waals surface area (Å²) >= 11 is 0. The van der Waals surface area contributed by atoms with E-state index in [1.165, 1.54) is 0 Å². The monoisotopic (exact) mass is 346 g/mol. The number of piperidine rings is 1. The first-order valence-corrected chi connectivity index (χ1v) is 9.39. The van der Waals surface area contributed by atoms with Gasteiger partial charge in [-0.15, -0.1) is 0 Å². The summed E-state index contributed by atoms with van der Waals surface area (Å²) in [6.45, 7) is 7.09. The molecule has 2 aliphatic rings. The van der Waals surface area contributed by atoms with E-state index in [2.05, 4.69) is 4.98 Å². The van der Waals surface area contributed by atoms with Crippen molar-refractivity contribution in [3.63, 3.8) is 0 Å². The van der Waals surface area contributed by atoms with Crippen molar-refractivity contribution < 1.29 is 14.6 Å². The lowest BCUT2D eigenvalue weighted by atomic mass is 9.55. The number of hydrogen-bond acceptors (Lipinski definition) is 4. The van der Waals surface area contributed by atoms with Crippen molar-refractivity contribution >= 4 is 6.09 Å².